The Morgan fingerprint density at radius 3 is 2.53 bits per heavy atom. The van der Waals surface area contributed by atoms with Crippen LogP contribution in [0.15, 0.2) is 40.3 Å². The smallest absolute Gasteiger partial charge is 0.372 e. The Morgan fingerprint density at radius 1 is 1.22 bits per heavy atom. The molecule has 0 radical (unpaired) electrons. The lowest BCUT2D eigenvalue weighted by Crippen LogP contribution is -2.32. The highest BCUT2D eigenvalue weighted by Gasteiger charge is 2.37. The second-order valence-corrected chi connectivity index (χ2v) is 10.2. The van der Waals surface area contributed by atoms with Crippen molar-refractivity contribution in [2.75, 3.05) is 12.4 Å². The van der Waals surface area contributed by atoms with Crippen molar-refractivity contribution in [2.24, 2.45) is 0 Å². The molecule has 1 aromatic carbocycles. The van der Waals surface area contributed by atoms with Gasteiger partial charge in [0.1, 0.15) is 16.9 Å². The van der Waals surface area contributed by atoms with Gasteiger partial charge in [-0.05, 0) is 44.0 Å². The number of aromatic amines is 1. The van der Waals surface area contributed by atoms with Gasteiger partial charge in [-0.1, -0.05) is 19.9 Å². The third kappa shape index (κ3) is 7.51. The molecule has 1 aromatic heterocycles. The number of hydrogen-bond acceptors (Lipinski definition) is 4. The lowest BCUT2D eigenvalue weighted by atomic mass is 9.95. The van der Waals surface area contributed by atoms with Gasteiger partial charge in [-0.3, -0.25) is 9.31 Å². The Morgan fingerprint density at radius 2 is 1.91 bits per heavy atom. The molecule has 1 aliphatic rings. The van der Waals surface area contributed by atoms with Crippen LogP contribution < -0.4 is 0 Å². The van der Waals surface area contributed by atoms with E-state index < -0.39 is 45.3 Å². The van der Waals surface area contributed by atoms with Crippen LogP contribution in [-0.4, -0.2) is 37.7 Å². The first-order valence-electron chi connectivity index (χ1n) is 9.83. The molecule has 0 aliphatic carbocycles. The van der Waals surface area contributed by atoms with E-state index in [0.29, 0.717) is 30.0 Å². The number of ether oxygens (including phenoxy) is 1. The molecule has 0 spiro atoms. The van der Waals surface area contributed by atoms with Crippen LogP contribution in [0, 0.1) is 0 Å². The van der Waals surface area contributed by atoms with E-state index in [2.05, 4.69) is 10.2 Å². The number of benzene rings is 1. The number of hydrogen-bond donors (Lipinski definition) is 1. The Kier molecular flexibility index (Phi) is 8.85. The Balaban J connectivity index is 0.00000176. The van der Waals surface area contributed by atoms with Crippen LogP contribution in [0.1, 0.15) is 51.0 Å². The highest BCUT2D eigenvalue weighted by molar-refractivity contribution is 8.00. The largest absolute Gasteiger partial charge is 0.416 e. The molecule has 180 valence electrons. The summed E-state index contributed by atoms with van der Waals surface area (Å²) in [6, 6.07) is 6.33. The van der Waals surface area contributed by atoms with Crippen molar-refractivity contribution in [2.45, 2.75) is 66.7 Å². The van der Waals surface area contributed by atoms with E-state index in [9.17, 15) is 30.6 Å². The van der Waals surface area contributed by atoms with Crippen molar-refractivity contribution < 1.29 is 35.3 Å². The number of halogens is 6. The third-order valence-electron chi connectivity index (χ3n) is 4.54. The number of nitrogens with zero attached hydrogens (tertiary/aromatic N) is 1. The van der Waals surface area contributed by atoms with Crippen LogP contribution in [0.4, 0.5) is 26.3 Å². The highest BCUT2D eigenvalue weighted by atomic mass is 32.2. The maximum absolute atomic E-state index is 13.0. The zero-order chi connectivity index (χ0) is 24.2. The number of alkyl halides is 6. The van der Waals surface area contributed by atoms with Crippen molar-refractivity contribution in [1.29, 1.82) is 0 Å². The zero-order valence-electron chi connectivity index (χ0n) is 17.6. The number of H-pyrrole nitrogens is 1. The average molecular weight is 503 g/mol. The molecular formula is C20H24F6N2O2S2. The summed E-state index contributed by atoms with van der Waals surface area (Å²) < 4.78 is 93.2. The van der Waals surface area contributed by atoms with Gasteiger partial charge in [0, 0.05) is 16.2 Å². The highest BCUT2D eigenvalue weighted by Crippen LogP contribution is 2.46. The van der Waals surface area contributed by atoms with Gasteiger partial charge in [-0.25, -0.2) is 0 Å². The molecule has 12 heteroatoms. The molecule has 1 aliphatic heterocycles. The minimum atomic E-state index is -4.58. The summed E-state index contributed by atoms with van der Waals surface area (Å²) in [6.45, 7) is 6.21. The summed E-state index contributed by atoms with van der Waals surface area (Å²) in [7, 11) is -2.33. The predicted molar refractivity (Wildman–Crippen MR) is 111 cm³/mol. The molecule has 2 heterocycles. The molecule has 0 saturated carbocycles. The molecule has 32 heavy (non-hydrogen) atoms. The quantitative estimate of drug-likeness (QED) is 0.473. The molecule has 1 fully saturated rings. The minimum absolute atomic E-state index is 0.219. The average Bonchev–Trinajstić information content (AvgIpc) is 3.18. The van der Waals surface area contributed by atoms with E-state index >= 15 is 0 Å². The summed E-state index contributed by atoms with van der Waals surface area (Å²) in [5.74, 6) is -1.49. The molecule has 0 bridgehead atoms. The van der Waals surface area contributed by atoms with E-state index in [1.165, 1.54) is 23.9 Å². The molecule has 3 rings (SSSR count). The predicted octanol–water partition coefficient (Wildman–Crippen LogP) is 6.53. The first-order chi connectivity index (χ1) is 14.8. The van der Waals surface area contributed by atoms with E-state index in [1.807, 2.05) is 20.8 Å². The maximum atomic E-state index is 13.0. The van der Waals surface area contributed by atoms with Crippen LogP contribution in [0.3, 0.4) is 0 Å². The number of thioether (sulfide) groups is 1. The van der Waals surface area contributed by atoms with Gasteiger partial charge in [0.15, 0.2) is 0 Å². The minimum Gasteiger partial charge on any atom is -0.372 e. The lowest BCUT2D eigenvalue weighted by molar-refractivity contribution is -0.137. The van der Waals surface area contributed by atoms with Gasteiger partial charge in [0.25, 0.3) is 0 Å². The summed E-state index contributed by atoms with van der Waals surface area (Å²) in [4.78, 5) is 0.463. The fourth-order valence-electron chi connectivity index (χ4n) is 3.10. The van der Waals surface area contributed by atoms with Crippen molar-refractivity contribution >= 4 is 22.6 Å². The monoisotopic (exact) mass is 502 g/mol. The molecule has 0 amide bonds. The first-order valence-corrected chi connectivity index (χ1v) is 12.0. The standard InChI is InChI=1S/C18H18F6N2O2S2.C2H6/c1-16(29-12-4-2-3-11(7-12)18(22,23)24)5-6-28-14(9-16)13-8-15(26-25-13)30(27)10-17(19,20)21;1-2/h2-4,7-8,14H,5-6,9-10H2,1H3,(H,25,26);1-2H3. The Labute approximate surface area is 189 Å². The fraction of sp³-hybridized carbons (Fsp3) is 0.550. The SMILES string of the molecule is CC.CC1(Sc2cccc(C(F)(F)F)c2)CCOC(c2cc(S(=O)CC(F)(F)F)n[nH]2)C1. The second kappa shape index (κ2) is 10.6. The first kappa shape index (κ1) is 26.7. The topological polar surface area (TPSA) is 55.0 Å². The van der Waals surface area contributed by atoms with Crippen LogP contribution in [0.25, 0.3) is 0 Å². The van der Waals surface area contributed by atoms with E-state index in [-0.39, 0.29) is 5.03 Å². The lowest BCUT2D eigenvalue weighted by Gasteiger charge is -2.37. The van der Waals surface area contributed by atoms with Gasteiger partial charge >= 0.3 is 12.4 Å². The van der Waals surface area contributed by atoms with Crippen LogP contribution >= 0.6 is 11.8 Å². The second-order valence-electron chi connectivity index (χ2n) is 7.16. The maximum Gasteiger partial charge on any atom is 0.416 e. The molecule has 1 N–H and O–H groups in total. The molecule has 3 atom stereocenters. The normalized spacial score (nSPS) is 22.7. The van der Waals surface area contributed by atoms with E-state index in [1.54, 1.807) is 6.07 Å². The molecular weight excluding hydrogens is 478 g/mol. The zero-order valence-corrected chi connectivity index (χ0v) is 19.3. The Hall–Kier alpha value is -1.53. The van der Waals surface area contributed by atoms with Gasteiger partial charge in [0.2, 0.25) is 0 Å². The number of rotatable bonds is 5. The van der Waals surface area contributed by atoms with Crippen molar-refractivity contribution in [3.8, 4) is 0 Å². The summed E-state index contributed by atoms with van der Waals surface area (Å²) in [6.07, 6.45) is -8.60. The third-order valence-corrected chi connectivity index (χ3v) is 7.16. The molecule has 1 saturated heterocycles. The van der Waals surface area contributed by atoms with Crippen molar-refractivity contribution in [3.05, 3.63) is 41.6 Å². The molecule has 2 aromatic rings. The van der Waals surface area contributed by atoms with Crippen molar-refractivity contribution in [1.82, 2.24) is 10.2 Å². The van der Waals surface area contributed by atoms with E-state index in [0.717, 1.165) is 12.1 Å². The number of nitrogens with one attached hydrogen (secondary N) is 1. The summed E-state index contributed by atoms with van der Waals surface area (Å²) in [5.41, 5.74) is -0.346. The Bertz CT molecular complexity index is 916. The summed E-state index contributed by atoms with van der Waals surface area (Å²) in [5, 5.41) is 6.07. The van der Waals surface area contributed by atoms with Gasteiger partial charge < -0.3 is 4.74 Å². The fourth-order valence-corrected chi connectivity index (χ4v) is 5.28. The van der Waals surface area contributed by atoms with Gasteiger partial charge in [-0.2, -0.15) is 31.4 Å². The van der Waals surface area contributed by atoms with Gasteiger partial charge in [-0.15, -0.1) is 11.8 Å². The number of aromatic nitrogens is 2. The molecule has 4 nitrogen and oxygen atoms in total. The van der Waals surface area contributed by atoms with Crippen LogP contribution in [-0.2, 0) is 21.7 Å². The van der Waals surface area contributed by atoms with Gasteiger partial charge in [0.05, 0.1) is 22.1 Å². The van der Waals surface area contributed by atoms with Crippen molar-refractivity contribution in [3.63, 3.8) is 0 Å². The van der Waals surface area contributed by atoms with Crippen LogP contribution in [0.2, 0.25) is 0 Å². The van der Waals surface area contributed by atoms with Crippen LogP contribution in [0.5, 0.6) is 0 Å². The molecule has 3 unspecified atom stereocenters. The van der Waals surface area contributed by atoms with E-state index in [4.69, 9.17) is 4.74 Å². The summed E-state index contributed by atoms with van der Waals surface area (Å²) >= 11 is 1.29.